The third-order valence-electron chi connectivity index (χ3n) is 16.7. The molecule has 1 amide bonds. The summed E-state index contributed by atoms with van der Waals surface area (Å²) in [7, 11) is 0. The summed E-state index contributed by atoms with van der Waals surface area (Å²) >= 11 is 0. The van der Waals surface area contributed by atoms with Gasteiger partial charge in [-0.2, -0.15) is 0 Å². The Morgan fingerprint density at radius 1 is 0.411 bits per heavy atom. The van der Waals surface area contributed by atoms with E-state index in [4.69, 9.17) is 18.9 Å². The van der Waals surface area contributed by atoms with Crippen molar-refractivity contribution in [2.45, 2.75) is 331 Å². The monoisotopic (exact) mass is 1260 g/mol. The third-order valence-corrected chi connectivity index (χ3v) is 16.7. The smallest absolute Gasteiger partial charge is 0.220 e. The lowest BCUT2D eigenvalue weighted by molar-refractivity contribution is -0.359. The lowest BCUT2D eigenvalue weighted by atomic mass is 9.97. The van der Waals surface area contributed by atoms with Crippen LogP contribution >= 0.6 is 0 Å². The Balaban J connectivity index is 1.60. The molecular weight excluding hydrogens is 1130 g/mol. The first-order valence-corrected chi connectivity index (χ1v) is 35.8. The Hall–Kier alpha value is -3.61. The van der Waals surface area contributed by atoms with Gasteiger partial charge in [0.2, 0.25) is 5.91 Å². The Morgan fingerprint density at radius 3 is 1.18 bits per heavy atom. The molecule has 12 unspecified atom stereocenters. The Labute approximate surface area is 546 Å². The molecular formula is C76H129NO13. The number of hydrogen-bond acceptors (Lipinski definition) is 13. The fraction of sp³-hybridized carbons (Fsp3) is 0.724. The van der Waals surface area contributed by atoms with Gasteiger partial charge in [-0.05, 0) is 89.9 Å². The summed E-state index contributed by atoms with van der Waals surface area (Å²) in [6.07, 6.45) is 69.3. The van der Waals surface area contributed by atoms with Gasteiger partial charge in [0.25, 0.3) is 0 Å². The van der Waals surface area contributed by atoms with Gasteiger partial charge in [0, 0.05) is 6.42 Å². The third kappa shape index (κ3) is 42.6. The van der Waals surface area contributed by atoms with E-state index in [1.807, 2.05) is 0 Å². The van der Waals surface area contributed by atoms with Crippen LogP contribution in [0.5, 0.6) is 0 Å². The number of rotatable bonds is 57. The summed E-state index contributed by atoms with van der Waals surface area (Å²) in [5.74, 6) is -0.215. The molecule has 2 aliphatic rings. The van der Waals surface area contributed by atoms with Gasteiger partial charge >= 0.3 is 0 Å². The number of ether oxygens (including phenoxy) is 4. The molecule has 14 heteroatoms. The van der Waals surface area contributed by atoms with Crippen molar-refractivity contribution in [1.29, 1.82) is 0 Å². The second-order valence-electron chi connectivity index (χ2n) is 24.6. The van der Waals surface area contributed by atoms with Crippen molar-refractivity contribution in [3.63, 3.8) is 0 Å². The second kappa shape index (κ2) is 59.2. The van der Waals surface area contributed by atoms with Gasteiger partial charge in [-0.3, -0.25) is 4.79 Å². The van der Waals surface area contributed by atoms with Gasteiger partial charge in [-0.15, -0.1) is 0 Å². The zero-order valence-corrected chi connectivity index (χ0v) is 56.1. The van der Waals surface area contributed by atoms with E-state index in [0.717, 1.165) is 116 Å². The molecule has 0 aromatic carbocycles. The van der Waals surface area contributed by atoms with Crippen LogP contribution in [0.4, 0.5) is 0 Å². The highest BCUT2D eigenvalue weighted by molar-refractivity contribution is 5.76. The molecule has 2 aliphatic heterocycles. The number of carbonyl (C=O) groups excluding carboxylic acids is 1. The average molecular weight is 1260 g/mol. The molecule has 2 saturated heterocycles. The molecule has 0 bridgehead atoms. The van der Waals surface area contributed by atoms with Crippen LogP contribution in [0, 0.1) is 0 Å². The Kier molecular flexibility index (Phi) is 54.2. The molecule has 516 valence electrons. The topological polar surface area (TPSA) is 228 Å². The van der Waals surface area contributed by atoms with Crippen LogP contribution in [0.3, 0.4) is 0 Å². The fourth-order valence-corrected chi connectivity index (χ4v) is 11.0. The SMILES string of the molecule is CC/C=C\C/C=C\C/C=C\C/C=C\C/C=C\C/C=C\C/C=C\C/C=C\C/C=C\C/C=C\CCCCCCCCCCCCC(=O)NC(COC1OC(CO)C(OC2OC(CO)C(O)C(O)C2O)C(O)C1O)C(O)CCCCCCCCCCCCCCCCC. The molecule has 0 aliphatic carbocycles. The predicted octanol–water partition coefficient (Wildman–Crippen LogP) is 14.9. The maximum atomic E-state index is 13.3. The molecule has 0 spiro atoms. The first-order chi connectivity index (χ1) is 44.1. The van der Waals surface area contributed by atoms with E-state index in [2.05, 4.69) is 141 Å². The van der Waals surface area contributed by atoms with Crippen molar-refractivity contribution >= 4 is 5.91 Å². The molecule has 2 heterocycles. The standard InChI is InChI=1S/C76H129NO13/c1-3-5-7-9-11-13-15-17-19-20-21-22-23-24-25-26-27-28-29-30-31-32-33-34-35-36-37-38-39-40-41-42-43-44-46-48-50-52-54-56-58-60-68(81)77-64(65(80)59-57-55-53-51-49-47-45-18-16-14-12-10-8-6-4-2)63-87-75-73(86)71(84)74(67(62-79)89-75)90-76-72(85)70(83)69(82)66(61-78)88-76/h5,7,11,13,17,19,21-22,24-25,27-28,30-31,33-34,36-37,39-40,64-67,69-76,78-80,82-86H,3-4,6,8-10,12,14-16,18,20,23,26,29,32,35,38,41-63H2,1-2H3,(H,77,81)/b7-5-,13-11-,19-17-,22-21-,25-24-,28-27-,31-30-,34-33-,37-36-,40-39-. The minimum Gasteiger partial charge on any atom is -0.394 e. The zero-order valence-electron chi connectivity index (χ0n) is 56.1. The number of amides is 1. The number of hydrogen-bond donors (Lipinski definition) is 9. The molecule has 2 fully saturated rings. The largest absolute Gasteiger partial charge is 0.394 e. The van der Waals surface area contributed by atoms with E-state index in [9.17, 15) is 45.6 Å². The lowest BCUT2D eigenvalue weighted by Gasteiger charge is -2.46. The first kappa shape index (κ1) is 82.5. The van der Waals surface area contributed by atoms with Crippen molar-refractivity contribution in [3.8, 4) is 0 Å². The van der Waals surface area contributed by atoms with Crippen LogP contribution in [-0.4, -0.2) is 140 Å². The maximum Gasteiger partial charge on any atom is 0.220 e. The van der Waals surface area contributed by atoms with Crippen molar-refractivity contribution in [3.05, 3.63) is 122 Å². The second-order valence-corrected chi connectivity index (χ2v) is 24.6. The fourth-order valence-electron chi connectivity index (χ4n) is 11.0. The molecule has 12 atom stereocenters. The van der Waals surface area contributed by atoms with E-state index in [1.165, 1.54) is 109 Å². The molecule has 0 radical (unpaired) electrons. The Morgan fingerprint density at radius 2 is 0.767 bits per heavy atom. The van der Waals surface area contributed by atoms with Crippen LogP contribution in [0.15, 0.2) is 122 Å². The normalized spacial score (nSPS) is 23.7. The summed E-state index contributed by atoms with van der Waals surface area (Å²) in [4.78, 5) is 13.3. The summed E-state index contributed by atoms with van der Waals surface area (Å²) in [5, 5.41) is 87.5. The maximum absolute atomic E-state index is 13.3. The number of aliphatic hydroxyl groups excluding tert-OH is 8. The number of carbonyl (C=O) groups is 1. The van der Waals surface area contributed by atoms with E-state index in [1.54, 1.807) is 0 Å². The minimum absolute atomic E-state index is 0.215. The van der Waals surface area contributed by atoms with Crippen LogP contribution < -0.4 is 5.32 Å². The van der Waals surface area contributed by atoms with Crippen molar-refractivity contribution in [2.75, 3.05) is 19.8 Å². The quantitative estimate of drug-likeness (QED) is 0.0204. The Bertz CT molecular complexity index is 1980. The number of unbranched alkanes of at least 4 members (excludes halogenated alkanes) is 24. The number of aliphatic hydroxyl groups is 8. The van der Waals surface area contributed by atoms with Crippen molar-refractivity contribution in [2.24, 2.45) is 0 Å². The van der Waals surface area contributed by atoms with E-state index in [-0.39, 0.29) is 12.5 Å². The zero-order chi connectivity index (χ0) is 65.2. The predicted molar refractivity (Wildman–Crippen MR) is 368 cm³/mol. The highest BCUT2D eigenvalue weighted by atomic mass is 16.7. The van der Waals surface area contributed by atoms with Gasteiger partial charge < -0.3 is 65.1 Å². The van der Waals surface area contributed by atoms with Gasteiger partial charge in [-0.1, -0.05) is 283 Å². The van der Waals surface area contributed by atoms with Crippen LogP contribution in [0.1, 0.15) is 258 Å². The molecule has 2 rings (SSSR count). The minimum atomic E-state index is -1.79. The van der Waals surface area contributed by atoms with Gasteiger partial charge in [-0.25, -0.2) is 0 Å². The highest BCUT2D eigenvalue weighted by Crippen LogP contribution is 2.30. The average Bonchev–Trinajstić information content (AvgIpc) is 1.58. The van der Waals surface area contributed by atoms with E-state index in [0.29, 0.717) is 19.3 Å². The number of allylic oxidation sites excluding steroid dienone is 20. The van der Waals surface area contributed by atoms with Crippen LogP contribution in [-0.2, 0) is 23.7 Å². The molecule has 14 nitrogen and oxygen atoms in total. The van der Waals surface area contributed by atoms with Gasteiger partial charge in [0.05, 0.1) is 32.0 Å². The highest BCUT2D eigenvalue weighted by Gasteiger charge is 2.51. The van der Waals surface area contributed by atoms with Crippen molar-refractivity contribution in [1.82, 2.24) is 5.32 Å². The summed E-state index contributed by atoms with van der Waals surface area (Å²) in [6, 6.07) is -0.839. The number of nitrogens with one attached hydrogen (secondary N) is 1. The van der Waals surface area contributed by atoms with Crippen molar-refractivity contribution < 1.29 is 64.6 Å². The summed E-state index contributed by atoms with van der Waals surface area (Å²) in [6.45, 7) is 2.75. The first-order valence-electron chi connectivity index (χ1n) is 35.8. The molecule has 0 saturated carbocycles. The summed E-state index contributed by atoms with van der Waals surface area (Å²) in [5.41, 5.74) is 0. The van der Waals surface area contributed by atoms with Crippen LogP contribution in [0.25, 0.3) is 0 Å². The molecule has 9 N–H and O–H groups in total. The van der Waals surface area contributed by atoms with E-state index < -0.39 is 86.8 Å². The van der Waals surface area contributed by atoms with Gasteiger partial charge in [0.15, 0.2) is 12.6 Å². The van der Waals surface area contributed by atoms with Gasteiger partial charge in [0.1, 0.15) is 48.8 Å². The molecule has 90 heavy (non-hydrogen) atoms. The van der Waals surface area contributed by atoms with Crippen LogP contribution in [0.2, 0.25) is 0 Å². The lowest BCUT2D eigenvalue weighted by Crippen LogP contribution is -2.65. The molecule has 0 aromatic rings. The molecule has 0 aromatic heterocycles. The van der Waals surface area contributed by atoms with E-state index >= 15 is 0 Å². The summed E-state index contributed by atoms with van der Waals surface area (Å²) < 4.78 is 22.9.